The van der Waals surface area contributed by atoms with E-state index in [1.165, 1.54) is 7.11 Å². The fourth-order valence-electron chi connectivity index (χ4n) is 2.49. The number of benzene rings is 2. The van der Waals surface area contributed by atoms with E-state index in [4.69, 9.17) is 9.47 Å². The number of aryl methyl sites for hydroxylation is 1. The van der Waals surface area contributed by atoms with Crippen LogP contribution in [0.25, 0.3) is 0 Å². The summed E-state index contributed by atoms with van der Waals surface area (Å²) in [5, 5.41) is 2.81. The number of hydrogen-bond acceptors (Lipinski definition) is 4. The Bertz CT molecular complexity index is 921. The zero-order valence-corrected chi connectivity index (χ0v) is 14.9. The van der Waals surface area contributed by atoms with Gasteiger partial charge >= 0.3 is 0 Å². The van der Waals surface area contributed by atoms with Crippen molar-refractivity contribution in [3.05, 3.63) is 77.5 Å². The van der Waals surface area contributed by atoms with E-state index in [9.17, 15) is 4.79 Å². The maximum Gasteiger partial charge on any atom is 0.259 e. The minimum atomic E-state index is -0.257. The number of pyridine rings is 1. The molecule has 5 heteroatoms. The number of para-hydroxylation sites is 1. The van der Waals surface area contributed by atoms with Gasteiger partial charge in [-0.25, -0.2) is 4.98 Å². The van der Waals surface area contributed by atoms with E-state index in [-0.39, 0.29) is 5.91 Å². The van der Waals surface area contributed by atoms with Crippen LogP contribution in [0.3, 0.4) is 0 Å². The summed E-state index contributed by atoms with van der Waals surface area (Å²) in [6, 6.07) is 16.4. The van der Waals surface area contributed by atoms with E-state index in [0.29, 0.717) is 22.9 Å². The Morgan fingerprint density at radius 2 is 1.73 bits per heavy atom. The average Bonchev–Trinajstić information content (AvgIpc) is 2.67. The highest BCUT2D eigenvalue weighted by Gasteiger charge is 2.12. The van der Waals surface area contributed by atoms with Crippen LogP contribution in [0, 0.1) is 13.8 Å². The molecule has 3 aromatic rings. The van der Waals surface area contributed by atoms with E-state index in [1.807, 2.05) is 38.1 Å². The zero-order chi connectivity index (χ0) is 18.5. The summed E-state index contributed by atoms with van der Waals surface area (Å²) in [5.41, 5.74) is 3.27. The second-order valence-corrected chi connectivity index (χ2v) is 5.84. The Balaban J connectivity index is 1.71. The average molecular weight is 348 g/mol. The number of aromatic nitrogens is 1. The zero-order valence-electron chi connectivity index (χ0n) is 14.9. The minimum absolute atomic E-state index is 0.257. The van der Waals surface area contributed by atoms with E-state index >= 15 is 0 Å². The van der Waals surface area contributed by atoms with Gasteiger partial charge in [0.05, 0.1) is 24.6 Å². The molecule has 0 saturated carbocycles. The van der Waals surface area contributed by atoms with Crippen molar-refractivity contribution in [3.8, 4) is 17.4 Å². The van der Waals surface area contributed by atoms with Crippen molar-refractivity contribution in [1.29, 1.82) is 0 Å². The SMILES string of the molecule is COc1ccccc1C(=O)Nc1ccc(Oc2cccc(C)c2C)nc1. The van der Waals surface area contributed by atoms with Crippen molar-refractivity contribution in [1.82, 2.24) is 4.98 Å². The van der Waals surface area contributed by atoms with Gasteiger partial charge in [-0.3, -0.25) is 4.79 Å². The number of anilines is 1. The Hall–Kier alpha value is -3.34. The molecule has 1 heterocycles. The Labute approximate surface area is 152 Å². The second kappa shape index (κ2) is 7.70. The summed E-state index contributed by atoms with van der Waals surface area (Å²) in [6.07, 6.45) is 1.56. The molecule has 3 rings (SSSR count). The predicted molar refractivity (Wildman–Crippen MR) is 101 cm³/mol. The van der Waals surface area contributed by atoms with Crippen molar-refractivity contribution in [3.63, 3.8) is 0 Å². The van der Waals surface area contributed by atoms with Crippen LogP contribution in [0.1, 0.15) is 21.5 Å². The van der Waals surface area contributed by atoms with Gasteiger partial charge < -0.3 is 14.8 Å². The number of hydrogen-bond donors (Lipinski definition) is 1. The summed E-state index contributed by atoms with van der Waals surface area (Å²) in [6.45, 7) is 4.04. The van der Waals surface area contributed by atoms with Gasteiger partial charge in [-0.05, 0) is 49.2 Å². The third-order valence-electron chi connectivity index (χ3n) is 4.12. The van der Waals surface area contributed by atoms with Gasteiger partial charge in [0, 0.05) is 6.07 Å². The fourth-order valence-corrected chi connectivity index (χ4v) is 2.49. The molecule has 26 heavy (non-hydrogen) atoms. The molecule has 132 valence electrons. The molecule has 0 aliphatic rings. The predicted octanol–water partition coefficient (Wildman–Crippen LogP) is 4.75. The lowest BCUT2D eigenvalue weighted by atomic mass is 10.1. The quantitative estimate of drug-likeness (QED) is 0.723. The second-order valence-electron chi connectivity index (χ2n) is 5.84. The van der Waals surface area contributed by atoms with Crippen LogP contribution in [-0.4, -0.2) is 18.0 Å². The molecular formula is C21H20N2O3. The number of carbonyl (C=O) groups is 1. The van der Waals surface area contributed by atoms with Crippen molar-refractivity contribution < 1.29 is 14.3 Å². The highest BCUT2D eigenvalue weighted by molar-refractivity contribution is 6.06. The van der Waals surface area contributed by atoms with Crippen molar-refractivity contribution in [2.24, 2.45) is 0 Å². The van der Waals surface area contributed by atoms with E-state index in [1.54, 1.807) is 36.5 Å². The van der Waals surface area contributed by atoms with Crippen molar-refractivity contribution >= 4 is 11.6 Å². The number of rotatable bonds is 5. The van der Waals surface area contributed by atoms with Gasteiger partial charge in [0.25, 0.3) is 5.91 Å². The Morgan fingerprint density at radius 3 is 2.46 bits per heavy atom. The highest BCUT2D eigenvalue weighted by atomic mass is 16.5. The molecule has 0 saturated heterocycles. The van der Waals surface area contributed by atoms with Crippen LogP contribution in [-0.2, 0) is 0 Å². The number of amides is 1. The molecule has 0 spiro atoms. The molecule has 0 radical (unpaired) electrons. The summed E-state index contributed by atoms with van der Waals surface area (Å²) in [4.78, 5) is 16.7. The van der Waals surface area contributed by atoms with Crippen LogP contribution in [0.4, 0.5) is 5.69 Å². The minimum Gasteiger partial charge on any atom is -0.496 e. The third kappa shape index (κ3) is 3.83. The first-order valence-corrected chi connectivity index (χ1v) is 8.23. The molecule has 1 N–H and O–H groups in total. The van der Waals surface area contributed by atoms with Crippen molar-refractivity contribution in [2.75, 3.05) is 12.4 Å². The number of nitrogens with zero attached hydrogens (tertiary/aromatic N) is 1. The van der Waals surface area contributed by atoms with Gasteiger partial charge in [-0.2, -0.15) is 0 Å². The monoisotopic (exact) mass is 348 g/mol. The maximum absolute atomic E-state index is 12.4. The molecule has 1 amide bonds. The lowest BCUT2D eigenvalue weighted by Crippen LogP contribution is -2.13. The van der Waals surface area contributed by atoms with E-state index in [2.05, 4.69) is 10.3 Å². The maximum atomic E-state index is 12.4. The molecule has 5 nitrogen and oxygen atoms in total. The van der Waals surface area contributed by atoms with Crippen LogP contribution >= 0.6 is 0 Å². The summed E-state index contributed by atoms with van der Waals surface area (Å²) < 4.78 is 11.0. The highest BCUT2D eigenvalue weighted by Crippen LogP contribution is 2.26. The summed E-state index contributed by atoms with van der Waals surface area (Å²) in [5.74, 6) is 1.50. The molecular weight excluding hydrogens is 328 g/mol. The van der Waals surface area contributed by atoms with Crippen molar-refractivity contribution in [2.45, 2.75) is 13.8 Å². The first-order chi connectivity index (χ1) is 12.6. The molecule has 0 atom stereocenters. The fraction of sp³-hybridized carbons (Fsp3) is 0.143. The molecule has 0 unspecified atom stereocenters. The number of ether oxygens (including phenoxy) is 2. The topological polar surface area (TPSA) is 60.5 Å². The normalized spacial score (nSPS) is 10.3. The third-order valence-corrected chi connectivity index (χ3v) is 4.12. The number of carbonyl (C=O) groups excluding carboxylic acids is 1. The molecule has 0 bridgehead atoms. The summed E-state index contributed by atoms with van der Waals surface area (Å²) >= 11 is 0. The first-order valence-electron chi connectivity index (χ1n) is 8.23. The lowest BCUT2D eigenvalue weighted by molar-refractivity contribution is 0.102. The number of nitrogens with one attached hydrogen (secondary N) is 1. The van der Waals surface area contributed by atoms with Gasteiger partial charge in [-0.15, -0.1) is 0 Å². The largest absolute Gasteiger partial charge is 0.496 e. The van der Waals surface area contributed by atoms with E-state index < -0.39 is 0 Å². The molecule has 0 aliphatic carbocycles. The standard InChI is InChI=1S/C21H20N2O3/c1-14-7-6-10-18(15(14)2)26-20-12-11-16(13-22-20)23-21(24)17-8-4-5-9-19(17)25-3/h4-13H,1-3H3,(H,23,24). The summed E-state index contributed by atoms with van der Waals surface area (Å²) in [7, 11) is 1.53. The molecule has 2 aromatic carbocycles. The van der Waals surface area contributed by atoms with Gasteiger partial charge in [0.1, 0.15) is 11.5 Å². The first kappa shape index (κ1) is 17.5. The molecule has 0 fully saturated rings. The number of methoxy groups -OCH3 is 1. The van der Waals surface area contributed by atoms with Crippen LogP contribution in [0.5, 0.6) is 17.4 Å². The molecule has 0 aliphatic heterocycles. The van der Waals surface area contributed by atoms with Crippen LogP contribution < -0.4 is 14.8 Å². The van der Waals surface area contributed by atoms with Crippen LogP contribution in [0.15, 0.2) is 60.8 Å². The van der Waals surface area contributed by atoms with E-state index in [0.717, 1.165) is 16.9 Å². The smallest absolute Gasteiger partial charge is 0.259 e. The van der Waals surface area contributed by atoms with Gasteiger partial charge in [0.2, 0.25) is 5.88 Å². The Morgan fingerprint density at radius 1 is 0.962 bits per heavy atom. The lowest BCUT2D eigenvalue weighted by Gasteiger charge is -2.11. The van der Waals surface area contributed by atoms with Gasteiger partial charge in [-0.1, -0.05) is 24.3 Å². The van der Waals surface area contributed by atoms with Gasteiger partial charge in [0.15, 0.2) is 0 Å². The Kier molecular flexibility index (Phi) is 5.17. The van der Waals surface area contributed by atoms with Crippen LogP contribution in [0.2, 0.25) is 0 Å². The molecule has 1 aromatic heterocycles.